The maximum absolute atomic E-state index is 14.5. The quantitative estimate of drug-likeness (QED) is 0.523. The van der Waals surface area contributed by atoms with Crippen LogP contribution < -0.4 is 20.3 Å². The number of ether oxygens (including phenoxy) is 1. The molecule has 1 aliphatic rings. The summed E-state index contributed by atoms with van der Waals surface area (Å²) in [6.07, 6.45) is 0.630. The monoisotopic (exact) mass is 473 g/mol. The average Bonchev–Trinajstić information content (AvgIpc) is 3.58. The molecular weight excluding hydrogens is 448 g/mol. The summed E-state index contributed by atoms with van der Waals surface area (Å²) in [5.74, 6) is -0.410. The summed E-state index contributed by atoms with van der Waals surface area (Å²) in [6, 6.07) is 11.0. The van der Waals surface area contributed by atoms with Crippen molar-refractivity contribution in [3.63, 3.8) is 0 Å². The van der Waals surface area contributed by atoms with Gasteiger partial charge in [0.1, 0.15) is 34.1 Å². The molecule has 0 spiro atoms. The molecule has 0 radical (unpaired) electrons. The van der Waals surface area contributed by atoms with E-state index >= 15 is 0 Å². The highest BCUT2D eigenvalue weighted by atomic mass is 32.2. The first-order valence-electron chi connectivity index (χ1n) is 10.4. The zero-order valence-electron chi connectivity index (χ0n) is 18.7. The number of benzene rings is 2. The molecule has 2 aromatic carbocycles. The molecule has 1 fully saturated rings. The maximum atomic E-state index is 14.5. The number of halogens is 2. The molecule has 0 aliphatic heterocycles. The molecule has 3 atom stereocenters. The van der Waals surface area contributed by atoms with Gasteiger partial charge in [-0.3, -0.25) is 14.1 Å². The molecule has 0 amide bonds. The number of rotatable bonds is 7. The molecule has 0 bridgehead atoms. The zero-order chi connectivity index (χ0) is 23.9. The van der Waals surface area contributed by atoms with Crippen LogP contribution in [0.4, 0.5) is 26.0 Å². The Morgan fingerprint density at radius 2 is 1.91 bits per heavy atom. The van der Waals surface area contributed by atoms with Crippen LogP contribution in [0.1, 0.15) is 29.0 Å². The Kier molecular flexibility index (Phi) is 6.25. The van der Waals surface area contributed by atoms with Crippen LogP contribution in [0.3, 0.4) is 0 Å². The predicted molar refractivity (Wildman–Crippen MR) is 127 cm³/mol. The summed E-state index contributed by atoms with van der Waals surface area (Å²) in [6.45, 7) is 3.39. The average molecular weight is 474 g/mol. The number of hydrogen-bond acceptors (Lipinski definition) is 4. The van der Waals surface area contributed by atoms with Crippen molar-refractivity contribution in [2.45, 2.75) is 31.4 Å². The highest BCUT2D eigenvalue weighted by molar-refractivity contribution is 7.87. The third kappa shape index (κ3) is 4.50. The Morgan fingerprint density at radius 1 is 1.15 bits per heavy atom. The van der Waals surface area contributed by atoms with E-state index in [4.69, 9.17) is 4.74 Å². The second kappa shape index (κ2) is 8.97. The van der Waals surface area contributed by atoms with Crippen LogP contribution >= 0.6 is 0 Å². The fourth-order valence-electron chi connectivity index (χ4n) is 3.93. The number of methoxy groups -OCH3 is 1. The second-order valence-electron chi connectivity index (χ2n) is 8.19. The van der Waals surface area contributed by atoms with E-state index in [2.05, 4.69) is 10.0 Å². The summed E-state index contributed by atoms with van der Waals surface area (Å²) in [4.78, 5) is 12.8. The van der Waals surface area contributed by atoms with Gasteiger partial charge >= 0.3 is 0 Å². The van der Waals surface area contributed by atoms with Crippen LogP contribution in [-0.2, 0) is 18.0 Å². The van der Waals surface area contributed by atoms with Crippen molar-refractivity contribution in [1.82, 2.24) is 4.57 Å². The molecular formula is C24H25F2N3O3S. The Bertz CT molecular complexity index is 1310. The lowest BCUT2D eigenvalue weighted by atomic mass is 10.1. The molecule has 2 N–H and O–H groups in total. The highest BCUT2D eigenvalue weighted by Gasteiger charge is 2.44. The van der Waals surface area contributed by atoms with E-state index in [1.165, 1.54) is 29.9 Å². The summed E-state index contributed by atoms with van der Waals surface area (Å²) in [7, 11) is 1.40. The molecule has 0 saturated heterocycles. The predicted octanol–water partition coefficient (Wildman–Crippen LogP) is 4.66. The third-order valence-electron chi connectivity index (χ3n) is 5.83. The normalized spacial score (nSPS) is 18.0. The van der Waals surface area contributed by atoms with Crippen molar-refractivity contribution in [3.05, 3.63) is 81.1 Å². The fraction of sp³-hybridized carbons (Fsp3) is 0.292. The Balaban J connectivity index is 1.69. The van der Waals surface area contributed by atoms with Crippen molar-refractivity contribution in [3.8, 4) is 5.75 Å². The number of nitrogens with one attached hydrogen (secondary N) is 2. The van der Waals surface area contributed by atoms with E-state index in [0.29, 0.717) is 17.7 Å². The first-order chi connectivity index (χ1) is 15.7. The van der Waals surface area contributed by atoms with Gasteiger partial charge in [0.05, 0.1) is 23.6 Å². The Labute approximate surface area is 193 Å². The van der Waals surface area contributed by atoms with Crippen LogP contribution in [0.5, 0.6) is 5.75 Å². The van der Waals surface area contributed by atoms with Gasteiger partial charge < -0.3 is 10.1 Å². The number of anilines is 3. The second-order valence-corrected chi connectivity index (χ2v) is 9.59. The summed E-state index contributed by atoms with van der Waals surface area (Å²) in [5.41, 5.74) is 2.00. The van der Waals surface area contributed by atoms with Gasteiger partial charge in [-0.1, -0.05) is 18.2 Å². The third-order valence-corrected chi connectivity index (χ3v) is 7.31. The van der Waals surface area contributed by atoms with Crippen LogP contribution in [0.15, 0.2) is 47.3 Å². The van der Waals surface area contributed by atoms with Crippen LogP contribution in [0.2, 0.25) is 0 Å². The molecule has 6 nitrogen and oxygen atoms in total. The summed E-state index contributed by atoms with van der Waals surface area (Å²) in [5, 5.41) is 2.72. The number of aryl methyl sites for hydroxylation is 1. The minimum Gasteiger partial charge on any atom is -0.494 e. The first kappa shape index (κ1) is 23.0. The van der Waals surface area contributed by atoms with E-state index in [1.54, 1.807) is 39.1 Å². The number of hydrogen-bond donors (Lipinski definition) is 2. The smallest absolute Gasteiger partial charge is 0.258 e. The molecule has 33 heavy (non-hydrogen) atoms. The Morgan fingerprint density at radius 3 is 2.58 bits per heavy atom. The van der Waals surface area contributed by atoms with Gasteiger partial charge in [-0.05, 0) is 55.7 Å². The molecule has 3 unspecified atom stereocenters. The van der Waals surface area contributed by atoms with Crippen molar-refractivity contribution >= 4 is 28.2 Å². The molecule has 1 saturated carbocycles. The van der Waals surface area contributed by atoms with Crippen molar-refractivity contribution in [2.75, 3.05) is 17.1 Å². The van der Waals surface area contributed by atoms with Crippen molar-refractivity contribution in [2.24, 2.45) is 7.05 Å². The van der Waals surface area contributed by atoms with Gasteiger partial charge in [0, 0.05) is 13.0 Å². The lowest BCUT2D eigenvalue weighted by molar-refractivity contribution is 0.412. The molecule has 4 rings (SSSR count). The molecule has 1 aromatic heterocycles. The van der Waals surface area contributed by atoms with Crippen LogP contribution in [0.25, 0.3) is 0 Å². The minimum absolute atomic E-state index is 0.0420. The highest BCUT2D eigenvalue weighted by Crippen LogP contribution is 2.46. The van der Waals surface area contributed by atoms with Crippen molar-refractivity contribution < 1.29 is 17.7 Å². The fourth-order valence-corrected chi connectivity index (χ4v) is 5.31. The van der Waals surface area contributed by atoms with Crippen molar-refractivity contribution in [1.29, 1.82) is 0 Å². The van der Waals surface area contributed by atoms with E-state index < -0.39 is 16.8 Å². The lowest BCUT2D eigenvalue weighted by Crippen LogP contribution is -2.25. The zero-order valence-corrected chi connectivity index (χ0v) is 19.6. The standard InChI is InChI=1S/C24H25F2N3O3S/c1-13-8-9-19(18(26)10-13)27-23-21(22(32-4)14(2)24(30)29(23)3)28-33(31)20-12-17(20)15-6-5-7-16(25)11-15/h5-11,17,20,27-28H,12H2,1-4H3. The summed E-state index contributed by atoms with van der Waals surface area (Å²) < 4.78 is 51.1. The van der Waals surface area contributed by atoms with Gasteiger partial charge in [0.2, 0.25) is 0 Å². The SMILES string of the molecule is COc1c(NS(=O)C2CC2c2cccc(F)c2)c(Nc2ccc(C)cc2F)n(C)c(=O)c1C. The molecule has 9 heteroatoms. The first-order valence-corrected chi connectivity index (χ1v) is 11.7. The number of pyridine rings is 1. The van der Waals surface area contributed by atoms with Crippen LogP contribution in [0, 0.1) is 25.5 Å². The molecule has 1 heterocycles. The minimum atomic E-state index is -1.56. The summed E-state index contributed by atoms with van der Waals surface area (Å²) >= 11 is 0. The van der Waals surface area contributed by atoms with E-state index in [0.717, 1.165) is 11.1 Å². The Hall–Kier alpha value is -3.20. The molecule has 174 valence electrons. The van der Waals surface area contributed by atoms with Gasteiger partial charge in [0.25, 0.3) is 5.56 Å². The van der Waals surface area contributed by atoms with E-state index in [9.17, 15) is 17.8 Å². The topological polar surface area (TPSA) is 72.4 Å². The molecule has 3 aromatic rings. The van der Waals surface area contributed by atoms with Crippen LogP contribution in [-0.4, -0.2) is 21.1 Å². The van der Waals surface area contributed by atoms with Gasteiger partial charge in [-0.25, -0.2) is 13.0 Å². The molecule has 1 aliphatic carbocycles. The lowest BCUT2D eigenvalue weighted by Gasteiger charge is -2.21. The van der Waals surface area contributed by atoms with Gasteiger partial charge in [0.15, 0.2) is 5.75 Å². The maximum Gasteiger partial charge on any atom is 0.258 e. The number of nitrogens with zero attached hydrogens (tertiary/aromatic N) is 1. The number of aromatic nitrogens is 1. The largest absolute Gasteiger partial charge is 0.494 e. The van der Waals surface area contributed by atoms with Gasteiger partial charge in [-0.15, -0.1) is 0 Å². The van der Waals surface area contributed by atoms with E-state index in [1.807, 2.05) is 6.07 Å². The van der Waals surface area contributed by atoms with E-state index in [-0.39, 0.29) is 39.8 Å². The van der Waals surface area contributed by atoms with Gasteiger partial charge in [-0.2, -0.15) is 0 Å².